The van der Waals surface area contributed by atoms with Crippen LogP contribution >= 0.6 is 0 Å². The standard InChI is InChI=1S/C33H41F2N3O/c1-3-5-15-38-16-7-10-27-11-12-28(21-32(27)38)33(39)37-31(20-26-18-29(34)22-30(35)19-26)13-14-36-23-25-9-6-8-24(4-2)17-25/h6,8-9,11-12,17-19,21-22,31,36H,3-5,7,10,13-16,20,23H2,1-2H3,(H,37,39)/t31-/m1/s1. The molecule has 0 saturated carbocycles. The molecule has 0 spiro atoms. The molecule has 1 atom stereocenters. The molecule has 6 heteroatoms. The lowest BCUT2D eigenvalue weighted by molar-refractivity contribution is 0.0935. The van der Waals surface area contributed by atoms with Gasteiger partial charge >= 0.3 is 0 Å². The van der Waals surface area contributed by atoms with Crippen LogP contribution in [-0.4, -0.2) is 31.6 Å². The Labute approximate surface area is 231 Å². The maximum atomic E-state index is 13.9. The zero-order valence-electron chi connectivity index (χ0n) is 23.2. The van der Waals surface area contributed by atoms with Crippen LogP contribution in [0.2, 0.25) is 0 Å². The van der Waals surface area contributed by atoms with Gasteiger partial charge in [0, 0.05) is 43.0 Å². The van der Waals surface area contributed by atoms with Gasteiger partial charge in [-0.2, -0.15) is 0 Å². The molecule has 39 heavy (non-hydrogen) atoms. The number of rotatable bonds is 13. The molecular weight excluding hydrogens is 492 g/mol. The lowest BCUT2D eigenvalue weighted by Gasteiger charge is -2.32. The Morgan fingerprint density at radius 1 is 0.974 bits per heavy atom. The molecular formula is C33H41F2N3O. The molecule has 208 valence electrons. The third-order valence-corrected chi connectivity index (χ3v) is 7.48. The summed E-state index contributed by atoms with van der Waals surface area (Å²) >= 11 is 0. The summed E-state index contributed by atoms with van der Waals surface area (Å²) in [6, 6.07) is 17.8. The van der Waals surface area contributed by atoms with Gasteiger partial charge in [-0.3, -0.25) is 4.79 Å². The summed E-state index contributed by atoms with van der Waals surface area (Å²) in [6.07, 6.45) is 6.38. The third kappa shape index (κ3) is 8.37. The second-order valence-electron chi connectivity index (χ2n) is 10.6. The van der Waals surface area contributed by atoms with Crippen molar-refractivity contribution >= 4 is 11.6 Å². The Hall–Kier alpha value is -3.25. The van der Waals surface area contributed by atoms with E-state index in [9.17, 15) is 13.6 Å². The molecule has 3 aromatic rings. The van der Waals surface area contributed by atoms with Gasteiger partial charge in [0.05, 0.1) is 0 Å². The number of carbonyl (C=O) groups excluding carboxylic acids is 1. The zero-order chi connectivity index (χ0) is 27.6. The van der Waals surface area contributed by atoms with Crippen molar-refractivity contribution in [3.05, 3.63) is 100 Å². The van der Waals surface area contributed by atoms with E-state index in [0.29, 0.717) is 30.5 Å². The van der Waals surface area contributed by atoms with E-state index < -0.39 is 11.6 Å². The zero-order valence-corrected chi connectivity index (χ0v) is 23.2. The molecule has 2 N–H and O–H groups in total. The van der Waals surface area contributed by atoms with Crippen LogP contribution in [0, 0.1) is 11.6 Å². The SMILES string of the molecule is CCCCN1CCCc2ccc(C(=O)N[C@H](CCNCc3cccc(CC)c3)Cc3cc(F)cc(F)c3)cc21. The number of hydrogen-bond acceptors (Lipinski definition) is 3. The number of nitrogens with one attached hydrogen (secondary N) is 2. The maximum Gasteiger partial charge on any atom is 0.251 e. The highest BCUT2D eigenvalue weighted by Crippen LogP contribution is 2.28. The summed E-state index contributed by atoms with van der Waals surface area (Å²) in [5.41, 5.74) is 6.11. The van der Waals surface area contributed by atoms with Crippen LogP contribution in [0.5, 0.6) is 0 Å². The fraction of sp³-hybridized carbons (Fsp3) is 0.424. The predicted molar refractivity (Wildman–Crippen MR) is 155 cm³/mol. The first-order valence-electron chi connectivity index (χ1n) is 14.4. The van der Waals surface area contributed by atoms with Gasteiger partial charge in [0.25, 0.3) is 5.91 Å². The van der Waals surface area contributed by atoms with Crippen LogP contribution in [-0.2, 0) is 25.8 Å². The van der Waals surface area contributed by atoms with Crippen LogP contribution in [0.25, 0.3) is 0 Å². The van der Waals surface area contributed by atoms with Crippen molar-refractivity contribution in [3.8, 4) is 0 Å². The first kappa shape index (κ1) is 28.8. The summed E-state index contributed by atoms with van der Waals surface area (Å²) in [5, 5.41) is 6.63. The van der Waals surface area contributed by atoms with Gasteiger partial charge in [0.2, 0.25) is 0 Å². The molecule has 1 aliphatic rings. The van der Waals surface area contributed by atoms with E-state index >= 15 is 0 Å². The van der Waals surface area contributed by atoms with Crippen LogP contribution in [0.1, 0.15) is 72.1 Å². The average molecular weight is 534 g/mol. The molecule has 0 fully saturated rings. The molecule has 4 rings (SSSR count). The van der Waals surface area contributed by atoms with Crippen molar-refractivity contribution in [3.63, 3.8) is 0 Å². The second-order valence-corrected chi connectivity index (χ2v) is 10.6. The Morgan fingerprint density at radius 3 is 2.54 bits per heavy atom. The van der Waals surface area contributed by atoms with Crippen LogP contribution in [0.3, 0.4) is 0 Å². The van der Waals surface area contributed by atoms with Crippen molar-refractivity contribution in [2.45, 2.75) is 71.4 Å². The molecule has 1 aliphatic heterocycles. The minimum atomic E-state index is -0.606. The van der Waals surface area contributed by atoms with Crippen molar-refractivity contribution in [2.75, 3.05) is 24.5 Å². The van der Waals surface area contributed by atoms with Gasteiger partial charge in [-0.15, -0.1) is 0 Å². The summed E-state index contributed by atoms with van der Waals surface area (Å²) in [7, 11) is 0. The number of unbranched alkanes of at least 4 members (excludes halogenated alkanes) is 1. The first-order chi connectivity index (χ1) is 18.9. The van der Waals surface area contributed by atoms with Crippen LogP contribution < -0.4 is 15.5 Å². The van der Waals surface area contributed by atoms with E-state index in [4.69, 9.17) is 0 Å². The highest BCUT2D eigenvalue weighted by Gasteiger charge is 2.20. The van der Waals surface area contributed by atoms with Crippen molar-refractivity contribution in [1.82, 2.24) is 10.6 Å². The van der Waals surface area contributed by atoms with Crippen LogP contribution in [0.15, 0.2) is 60.7 Å². The summed E-state index contributed by atoms with van der Waals surface area (Å²) in [4.78, 5) is 15.8. The third-order valence-electron chi connectivity index (χ3n) is 7.48. The monoisotopic (exact) mass is 533 g/mol. The molecule has 0 saturated heterocycles. The molecule has 1 amide bonds. The maximum absolute atomic E-state index is 13.9. The van der Waals surface area contributed by atoms with Crippen LogP contribution in [0.4, 0.5) is 14.5 Å². The number of amides is 1. The first-order valence-corrected chi connectivity index (χ1v) is 14.4. The Balaban J connectivity index is 1.44. The van der Waals surface area contributed by atoms with E-state index in [1.54, 1.807) is 0 Å². The topological polar surface area (TPSA) is 44.4 Å². The normalized spacial score (nSPS) is 13.7. The minimum Gasteiger partial charge on any atom is -0.371 e. The molecule has 4 nitrogen and oxygen atoms in total. The highest BCUT2D eigenvalue weighted by molar-refractivity contribution is 5.95. The fourth-order valence-corrected chi connectivity index (χ4v) is 5.35. The Morgan fingerprint density at radius 2 is 1.77 bits per heavy atom. The number of benzene rings is 3. The van der Waals surface area contributed by atoms with Gasteiger partial charge in [-0.1, -0.05) is 50.6 Å². The van der Waals surface area contributed by atoms with Gasteiger partial charge in [0.1, 0.15) is 11.6 Å². The second kappa shape index (κ2) is 14.2. The summed E-state index contributed by atoms with van der Waals surface area (Å²) < 4.78 is 27.8. The number of aryl methyl sites for hydroxylation is 2. The van der Waals surface area contributed by atoms with Gasteiger partial charge in [-0.05, 0) is 91.6 Å². The molecule has 1 heterocycles. The van der Waals surface area contributed by atoms with Gasteiger partial charge < -0.3 is 15.5 Å². The summed E-state index contributed by atoms with van der Waals surface area (Å²) in [6.45, 7) is 7.72. The van der Waals surface area contributed by atoms with Crippen molar-refractivity contribution in [2.24, 2.45) is 0 Å². The fourth-order valence-electron chi connectivity index (χ4n) is 5.35. The van der Waals surface area contributed by atoms with Gasteiger partial charge in [-0.25, -0.2) is 8.78 Å². The van der Waals surface area contributed by atoms with E-state index in [0.717, 1.165) is 63.5 Å². The molecule has 0 aromatic heterocycles. The van der Waals surface area contributed by atoms with E-state index in [-0.39, 0.29) is 11.9 Å². The molecule has 0 radical (unpaired) electrons. The largest absolute Gasteiger partial charge is 0.371 e. The summed E-state index contributed by atoms with van der Waals surface area (Å²) in [5.74, 6) is -1.37. The molecule has 0 bridgehead atoms. The predicted octanol–water partition coefficient (Wildman–Crippen LogP) is 6.60. The highest BCUT2D eigenvalue weighted by atomic mass is 19.1. The van der Waals surface area contributed by atoms with Crippen molar-refractivity contribution in [1.29, 1.82) is 0 Å². The lowest BCUT2D eigenvalue weighted by atomic mass is 9.98. The number of hydrogen-bond donors (Lipinski definition) is 2. The molecule has 0 aliphatic carbocycles. The van der Waals surface area contributed by atoms with Gasteiger partial charge in [0.15, 0.2) is 0 Å². The number of fused-ring (bicyclic) bond motifs is 1. The molecule has 3 aromatic carbocycles. The smallest absolute Gasteiger partial charge is 0.251 e. The number of anilines is 1. The Bertz CT molecular complexity index is 1230. The average Bonchev–Trinajstić information content (AvgIpc) is 2.93. The van der Waals surface area contributed by atoms with E-state index in [1.165, 1.54) is 28.8 Å². The molecule has 0 unspecified atom stereocenters. The van der Waals surface area contributed by atoms with Crippen molar-refractivity contribution < 1.29 is 13.6 Å². The Kier molecular flexibility index (Phi) is 10.5. The van der Waals surface area contributed by atoms with E-state index in [1.807, 2.05) is 12.1 Å². The number of halogens is 2. The van der Waals surface area contributed by atoms with E-state index in [2.05, 4.69) is 59.7 Å². The number of carbonyl (C=O) groups is 1. The number of nitrogens with zero attached hydrogens (tertiary/aromatic N) is 1. The quantitative estimate of drug-likeness (QED) is 0.243. The lowest BCUT2D eigenvalue weighted by Crippen LogP contribution is -2.39. The minimum absolute atomic E-state index is 0.156.